The molecule has 0 fully saturated rings. The van der Waals surface area contributed by atoms with Gasteiger partial charge in [0.2, 0.25) is 0 Å². The van der Waals surface area contributed by atoms with Gasteiger partial charge >= 0.3 is 0 Å². The van der Waals surface area contributed by atoms with Gasteiger partial charge in [-0.2, -0.15) is 4.98 Å². The summed E-state index contributed by atoms with van der Waals surface area (Å²) < 4.78 is 10.5. The van der Waals surface area contributed by atoms with Crippen LogP contribution in [0.4, 0.5) is 5.69 Å². The predicted molar refractivity (Wildman–Crippen MR) is 110 cm³/mol. The summed E-state index contributed by atoms with van der Waals surface area (Å²) in [6.45, 7) is 0.426. The molecule has 0 aliphatic carbocycles. The average Bonchev–Trinajstić information content (AvgIpc) is 3.12. The molecule has 1 aromatic carbocycles. The number of guanidine groups is 1. The average molecular weight is 466 g/mol. The number of methoxy groups -OCH3 is 1. The van der Waals surface area contributed by atoms with Gasteiger partial charge in [-0.1, -0.05) is 23.4 Å². The Morgan fingerprint density at radius 2 is 2.04 bits per heavy atom. The number of nitrogens with zero attached hydrogens (tertiary/aromatic N) is 4. The molecule has 0 amide bonds. The van der Waals surface area contributed by atoms with Crippen molar-refractivity contribution in [2.75, 3.05) is 19.0 Å². The lowest BCUT2D eigenvalue weighted by molar-refractivity contribution is 0.417. The van der Waals surface area contributed by atoms with Crippen molar-refractivity contribution in [3.63, 3.8) is 0 Å². The molecule has 0 unspecified atom stereocenters. The summed E-state index contributed by atoms with van der Waals surface area (Å²) in [7, 11) is 1.60. The molecule has 0 saturated heterocycles. The van der Waals surface area contributed by atoms with Gasteiger partial charge in [-0.3, -0.25) is 9.98 Å². The van der Waals surface area contributed by atoms with E-state index in [9.17, 15) is 0 Å². The van der Waals surface area contributed by atoms with Crippen molar-refractivity contribution in [2.45, 2.75) is 6.42 Å². The molecular weight excluding hydrogens is 447 g/mol. The van der Waals surface area contributed by atoms with Gasteiger partial charge in [0.25, 0.3) is 5.89 Å². The molecule has 0 spiro atoms. The smallest absolute Gasteiger partial charge is 0.276 e. The third-order valence-electron chi connectivity index (χ3n) is 3.34. The highest BCUT2D eigenvalue weighted by Crippen LogP contribution is 2.22. The van der Waals surface area contributed by atoms with E-state index in [-0.39, 0.29) is 29.9 Å². The standard InChI is InChI=1S/C17H18N6O2.HI/c1-24-14-8-3-2-6-12(14)21-17(18)20-11-9-15-22-16(25-23-15)13-7-4-5-10-19-13;/h2-8,10H,9,11H2,1H3,(H3,18,20,21);1H. The van der Waals surface area contributed by atoms with E-state index in [1.165, 1.54) is 0 Å². The summed E-state index contributed by atoms with van der Waals surface area (Å²) in [5.74, 6) is 1.92. The maximum atomic E-state index is 5.90. The minimum atomic E-state index is 0. The highest BCUT2D eigenvalue weighted by Gasteiger charge is 2.09. The van der Waals surface area contributed by atoms with E-state index in [2.05, 4.69) is 25.4 Å². The van der Waals surface area contributed by atoms with Gasteiger partial charge in [0, 0.05) is 19.2 Å². The molecule has 0 aliphatic heterocycles. The first kappa shape index (κ1) is 19.6. The highest BCUT2D eigenvalue weighted by atomic mass is 127. The number of ether oxygens (including phenoxy) is 1. The van der Waals surface area contributed by atoms with Crippen LogP contribution in [0, 0.1) is 0 Å². The summed E-state index contributed by atoms with van der Waals surface area (Å²) in [5, 5.41) is 6.93. The van der Waals surface area contributed by atoms with E-state index in [4.69, 9.17) is 15.0 Å². The number of halogens is 1. The number of rotatable bonds is 6. The lowest BCUT2D eigenvalue weighted by Crippen LogP contribution is -2.23. The number of hydrogen-bond donors (Lipinski definition) is 2. The lowest BCUT2D eigenvalue weighted by Gasteiger charge is -2.09. The second-order valence-electron chi connectivity index (χ2n) is 5.07. The van der Waals surface area contributed by atoms with E-state index in [1.807, 2.05) is 42.5 Å². The SMILES string of the molecule is COc1ccccc1NC(N)=NCCc1noc(-c2ccccn2)n1.I. The Morgan fingerprint density at radius 3 is 2.81 bits per heavy atom. The Bertz CT molecular complexity index is 853. The zero-order valence-electron chi connectivity index (χ0n) is 14.1. The lowest BCUT2D eigenvalue weighted by atomic mass is 10.3. The third-order valence-corrected chi connectivity index (χ3v) is 3.34. The molecule has 0 radical (unpaired) electrons. The Morgan fingerprint density at radius 1 is 1.23 bits per heavy atom. The monoisotopic (exact) mass is 466 g/mol. The fourth-order valence-corrected chi connectivity index (χ4v) is 2.15. The molecular formula is C17H19IN6O2. The van der Waals surface area contributed by atoms with E-state index < -0.39 is 0 Å². The van der Waals surface area contributed by atoms with Crippen molar-refractivity contribution in [3.8, 4) is 17.3 Å². The molecule has 0 atom stereocenters. The van der Waals surface area contributed by atoms with Crippen LogP contribution in [-0.2, 0) is 6.42 Å². The first-order valence-corrected chi connectivity index (χ1v) is 7.70. The van der Waals surface area contributed by atoms with Crippen LogP contribution in [0.1, 0.15) is 5.82 Å². The zero-order valence-corrected chi connectivity index (χ0v) is 16.5. The van der Waals surface area contributed by atoms with Crippen molar-refractivity contribution in [1.29, 1.82) is 0 Å². The van der Waals surface area contributed by atoms with Gasteiger partial charge in [0.15, 0.2) is 11.8 Å². The fraction of sp³-hybridized carbons (Fsp3) is 0.176. The molecule has 9 heteroatoms. The Kier molecular flexibility index (Phi) is 7.33. The number of para-hydroxylation sites is 2. The topological polar surface area (TPSA) is 111 Å². The molecule has 3 N–H and O–H groups in total. The normalized spacial score (nSPS) is 10.9. The van der Waals surface area contributed by atoms with E-state index in [0.717, 1.165) is 5.69 Å². The quantitative estimate of drug-likeness (QED) is 0.327. The molecule has 3 aromatic rings. The predicted octanol–water partition coefficient (Wildman–Crippen LogP) is 2.73. The van der Waals surface area contributed by atoms with Crippen molar-refractivity contribution in [3.05, 3.63) is 54.5 Å². The van der Waals surface area contributed by atoms with Crippen LogP contribution in [0.2, 0.25) is 0 Å². The molecule has 3 rings (SSSR count). The molecule has 2 heterocycles. The molecule has 26 heavy (non-hydrogen) atoms. The molecule has 0 aliphatic rings. The number of nitrogens with two attached hydrogens (primary N) is 1. The van der Waals surface area contributed by atoms with Gasteiger partial charge in [0.1, 0.15) is 11.4 Å². The zero-order chi connectivity index (χ0) is 17.5. The van der Waals surface area contributed by atoms with Crippen molar-refractivity contribution < 1.29 is 9.26 Å². The summed E-state index contributed by atoms with van der Waals surface area (Å²) >= 11 is 0. The number of anilines is 1. The highest BCUT2D eigenvalue weighted by molar-refractivity contribution is 14.0. The third kappa shape index (κ3) is 5.15. The molecule has 8 nitrogen and oxygen atoms in total. The second kappa shape index (κ2) is 9.70. The van der Waals surface area contributed by atoms with Gasteiger partial charge in [0.05, 0.1) is 12.8 Å². The summed E-state index contributed by atoms with van der Waals surface area (Å²) in [6.07, 6.45) is 2.18. The summed E-state index contributed by atoms with van der Waals surface area (Å²) in [5.41, 5.74) is 7.29. The van der Waals surface area contributed by atoms with Crippen LogP contribution in [0.15, 0.2) is 58.2 Å². The van der Waals surface area contributed by atoms with E-state index >= 15 is 0 Å². The maximum Gasteiger partial charge on any atom is 0.276 e. The molecule has 0 saturated carbocycles. The Labute approximate surface area is 167 Å². The molecule has 0 bridgehead atoms. The van der Waals surface area contributed by atoms with E-state index in [1.54, 1.807) is 13.3 Å². The Balaban J connectivity index is 0.00000243. The van der Waals surface area contributed by atoms with Gasteiger partial charge in [-0.05, 0) is 24.3 Å². The first-order chi connectivity index (χ1) is 12.3. The van der Waals surface area contributed by atoms with Crippen LogP contribution in [-0.4, -0.2) is 34.7 Å². The minimum absolute atomic E-state index is 0. The number of hydrogen-bond acceptors (Lipinski definition) is 6. The maximum absolute atomic E-state index is 5.90. The molecule has 2 aromatic heterocycles. The van der Waals surface area contributed by atoms with Crippen LogP contribution < -0.4 is 15.8 Å². The number of nitrogens with one attached hydrogen (secondary N) is 1. The van der Waals surface area contributed by atoms with Crippen LogP contribution in [0.25, 0.3) is 11.6 Å². The second-order valence-corrected chi connectivity index (χ2v) is 5.07. The number of aliphatic imine (C=N–C) groups is 1. The molecule has 136 valence electrons. The number of aromatic nitrogens is 3. The van der Waals surface area contributed by atoms with Gasteiger partial charge in [-0.25, -0.2) is 0 Å². The number of pyridine rings is 1. The Hall–Kier alpha value is -2.69. The number of benzene rings is 1. The van der Waals surface area contributed by atoms with Crippen molar-refractivity contribution in [2.24, 2.45) is 10.7 Å². The minimum Gasteiger partial charge on any atom is -0.495 e. The fourth-order valence-electron chi connectivity index (χ4n) is 2.15. The summed E-state index contributed by atoms with van der Waals surface area (Å²) in [6, 6.07) is 13.0. The van der Waals surface area contributed by atoms with Gasteiger partial charge < -0.3 is 20.3 Å². The summed E-state index contributed by atoms with van der Waals surface area (Å²) in [4.78, 5) is 12.7. The van der Waals surface area contributed by atoms with Crippen LogP contribution >= 0.6 is 24.0 Å². The van der Waals surface area contributed by atoms with Crippen LogP contribution in [0.5, 0.6) is 5.75 Å². The van der Waals surface area contributed by atoms with Crippen molar-refractivity contribution >= 4 is 35.6 Å². The van der Waals surface area contributed by atoms with Crippen molar-refractivity contribution in [1.82, 2.24) is 15.1 Å². The van der Waals surface area contributed by atoms with Gasteiger partial charge in [-0.15, -0.1) is 24.0 Å². The van der Waals surface area contributed by atoms with E-state index in [0.29, 0.717) is 36.1 Å². The first-order valence-electron chi connectivity index (χ1n) is 7.70. The largest absolute Gasteiger partial charge is 0.495 e. The van der Waals surface area contributed by atoms with Crippen LogP contribution in [0.3, 0.4) is 0 Å².